The van der Waals surface area contributed by atoms with Gasteiger partial charge in [0.15, 0.2) is 0 Å². The summed E-state index contributed by atoms with van der Waals surface area (Å²) in [6.07, 6.45) is 1.15. The third-order valence-electron chi connectivity index (χ3n) is 3.82. The lowest BCUT2D eigenvalue weighted by Crippen LogP contribution is -2.27. The van der Waals surface area contributed by atoms with Crippen molar-refractivity contribution in [2.45, 2.75) is 12.3 Å². The number of rotatable bonds is 5. The van der Waals surface area contributed by atoms with Crippen molar-refractivity contribution >= 4 is 23.0 Å². The molecule has 0 saturated carbocycles. The SMILES string of the molecule is CN1CCC(CN(C)c2ccc(CCl)cc2[N+](=O)[O-])C1. The van der Waals surface area contributed by atoms with Gasteiger partial charge in [-0.15, -0.1) is 11.6 Å². The van der Waals surface area contributed by atoms with Gasteiger partial charge in [-0.2, -0.15) is 0 Å². The fourth-order valence-electron chi connectivity index (χ4n) is 2.78. The van der Waals surface area contributed by atoms with Crippen molar-refractivity contribution in [1.29, 1.82) is 0 Å². The summed E-state index contributed by atoms with van der Waals surface area (Å²) in [4.78, 5) is 15.2. The van der Waals surface area contributed by atoms with E-state index in [1.54, 1.807) is 12.1 Å². The average Bonchev–Trinajstić information content (AvgIpc) is 2.83. The maximum Gasteiger partial charge on any atom is 0.292 e. The standard InChI is InChI=1S/C14H20ClN3O2/c1-16-6-5-12(9-16)10-17(2)13-4-3-11(8-15)7-14(13)18(19)20/h3-4,7,12H,5-6,8-10H2,1-2H3. The molecule has 110 valence electrons. The third-order valence-corrected chi connectivity index (χ3v) is 4.13. The third kappa shape index (κ3) is 3.41. The first-order chi connectivity index (χ1) is 9.51. The van der Waals surface area contributed by atoms with Gasteiger partial charge in [0.2, 0.25) is 0 Å². The largest absolute Gasteiger partial charge is 0.369 e. The van der Waals surface area contributed by atoms with E-state index in [4.69, 9.17) is 11.6 Å². The first-order valence-corrected chi connectivity index (χ1v) is 7.27. The summed E-state index contributed by atoms with van der Waals surface area (Å²) in [6, 6.07) is 5.22. The molecule has 0 spiro atoms. The highest BCUT2D eigenvalue weighted by Gasteiger charge is 2.24. The van der Waals surface area contributed by atoms with E-state index >= 15 is 0 Å². The number of likely N-dealkylation sites (tertiary alicyclic amines) is 1. The number of nitro groups is 1. The second-order valence-corrected chi connectivity index (χ2v) is 5.78. The second-order valence-electron chi connectivity index (χ2n) is 5.51. The Labute approximate surface area is 124 Å². The lowest BCUT2D eigenvalue weighted by molar-refractivity contribution is -0.384. The molecule has 0 amide bonds. The van der Waals surface area contributed by atoms with Crippen molar-refractivity contribution in [2.75, 3.05) is 38.6 Å². The Morgan fingerprint density at radius 1 is 1.55 bits per heavy atom. The number of halogens is 1. The highest BCUT2D eigenvalue weighted by molar-refractivity contribution is 6.17. The first-order valence-electron chi connectivity index (χ1n) is 6.74. The topological polar surface area (TPSA) is 49.6 Å². The molecule has 20 heavy (non-hydrogen) atoms. The second kappa shape index (κ2) is 6.41. The van der Waals surface area contributed by atoms with E-state index in [2.05, 4.69) is 11.9 Å². The molecular weight excluding hydrogens is 278 g/mol. The zero-order valence-corrected chi connectivity index (χ0v) is 12.6. The van der Waals surface area contributed by atoms with Gasteiger partial charge in [-0.05, 0) is 37.6 Å². The minimum atomic E-state index is -0.331. The molecule has 1 atom stereocenters. The van der Waals surface area contributed by atoms with E-state index in [0.29, 0.717) is 11.6 Å². The van der Waals surface area contributed by atoms with Crippen LogP contribution in [0.2, 0.25) is 0 Å². The predicted octanol–water partition coefficient (Wildman–Crippen LogP) is 2.72. The quantitative estimate of drug-likeness (QED) is 0.476. The van der Waals surface area contributed by atoms with Gasteiger partial charge in [0.1, 0.15) is 5.69 Å². The van der Waals surface area contributed by atoms with E-state index < -0.39 is 0 Å². The zero-order chi connectivity index (χ0) is 14.7. The molecule has 2 rings (SSSR count). The average molecular weight is 298 g/mol. The Hall–Kier alpha value is -1.33. The minimum absolute atomic E-state index is 0.136. The van der Waals surface area contributed by atoms with Crippen LogP contribution in [0.4, 0.5) is 11.4 Å². The Balaban J connectivity index is 2.16. The van der Waals surface area contributed by atoms with Crippen molar-refractivity contribution in [3.8, 4) is 0 Å². The molecule has 1 aliphatic heterocycles. The molecule has 0 N–H and O–H groups in total. The van der Waals surface area contributed by atoms with Gasteiger partial charge in [0.25, 0.3) is 5.69 Å². The van der Waals surface area contributed by atoms with Gasteiger partial charge in [-0.3, -0.25) is 10.1 Å². The van der Waals surface area contributed by atoms with Gasteiger partial charge in [0, 0.05) is 32.1 Å². The smallest absolute Gasteiger partial charge is 0.292 e. The summed E-state index contributed by atoms with van der Waals surface area (Å²) >= 11 is 5.75. The van der Waals surface area contributed by atoms with E-state index in [1.165, 1.54) is 0 Å². The van der Waals surface area contributed by atoms with Crippen molar-refractivity contribution in [3.63, 3.8) is 0 Å². The van der Waals surface area contributed by atoms with Crippen LogP contribution >= 0.6 is 11.6 Å². The predicted molar refractivity (Wildman–Crippen MR) is 81.5 cm³/mol. The maximum atomic E-state index is 11.2. The molecule has 1 heterocycles. The Bertz CT molecular complexity index is 495. The van der Waals surface area contributed by atoms with E-state index in [-0.39, 0.29) is 16.5 Å². The summed E-state index contributed by atoms with van der Waals surface area (Å²) in [5.41, 5.74) is 1.58. The van der Waals surface area contributed by atoms with Gasteiger partial charge in [-0.1, -0.05) is 6.07 Å². The molecule has 1 unspecified atom stereocenters. The lowest BCUT2D eigenvalue weighted by Gasteiger charge is -2.23. The molecular formula is C14H20ClN3O2. The molecule has 0 aromatic heterocycles. The highest BCUT2D eigenvalue weighted by Crippen LogP contribution is 2.30. The summed E-state index contributed by atoms with van der Waals surface area (Å²) in [6.45, 7) is 3.00. The molecule has 1 fully saturated rings. The zero-order valence-electron chi connectivity index (χ0n) is 11.9. The molecule has 1 saturated heterocycles. The van der Waals surface area contributed by atoms with Crippen molar-refractivity contribution in [2.24, 2.45) is 5.92 Å². The van der Waals surface area contributed by atoms with Crippen LogP contribution in [0.1, 0.15) is 12.0 Å². The molecule has 0 bridgehead atoms. The summed E-state index contributed by atoms with van der Waals surface area (Å²) in [7, 11) is 4.03. The summed E-state index contributed by atoms with van der Waals surface area (Å²) in [5.74, 6) is 0.857. The molecule has 1 aromatic rings. The number of anilines is 1. The van der Waals surface area contributed by atoms with Crippen LogP contribution in [-0.2, 0) is 5.88 Å². The van der Waals surface area contributed by atoms with Gasteiger partial charge < -0.3 is 9.80 Å². The molecule has 1 aromatic carbocycles. The maximum absolute atomic E-state index is 11.2. The minimum Gasteiger partial charge on any atom is -0.369 e. The lowest BCUT2D eigenvalue weighted by atomic mass is 10.1. The molecule has 6 heteroatoms. The number of alkyl halides is 1. The summed E-state index contributed by atoms with van der Waals surface area (Å²) < 4.78 is 0. The number of hydrogen-bond acceptors (Lipinski definition) is 4. The monoisotopic (exact) mass is 297 g/mol. The Morgan fingerprint density at radius 2 is 2.30 bits per heavy atom. The van der Waals surface area contributed by atoms with Gasteiger partial charge in [-0.25, -0.2) is 0 Å². The van der Waals surface area contributed by atoms with Crippen molar-refractivity contribution in [3.05, 3.63) is 33.9 Å². The molecule has 0 radical (unpaired) electrons. The van der Waals surface area contributed by atoms with E-state index in [1.807, 2.05) is 18.0 Å². The van der Waals surface area contributed by atoms with Crippen molar-refractivity contribution in [1.82, 2.24) is 4.90 Å². The fourth-order valence-corrected chi connectivity index (χ4v) is 2.95. The first kappa shape index (κ1) is 15.1. The molecule has 5 nitrogen and oxygen atoms in total. The van der Waals surface area contributed by atoms with Gasteiger partial charge in [0.05, 0.1) is 4.92 Å². The van der Waals surface area contributed by atoms with Crippen LogP contribution < -0.4 is 4.90 Å². The normalized spacial score (nSPS) is 19.2. The summed E-state index contributed by atoms with van der Waals surface area (Å²) in [5, 5.41) is 11.2. The fraction of sp³-hybridized carbons (Fsp3) is 0.571. The van der Waals surface area contributed by atoms with Crippen molar-refractivity contribution < 1.29 is 4.92 Å². The van der Waals surface area contributed by atoms with Crippen LogP contribution in [0.25, 0.3) is 0 Å². The number of nitrogens with zero attached hydrogens (tertiary/aromatic N) is 3. The van der Waals surface area contributed by atoms with E-state index in [9.17, 15) is 10.1 Å². The Morgan fingerprint density at radius 3 is 2.85 bits per heavy atom. The Kier molecular flexibility index (Phi) is 4.83. The molecule has 0 aliphatic carbocycles. The molecule has 1 aliphatic rings. The van der Waals surface area contributed by atoms with Crippen LogP contribution in [0.3, 0.4) is 0 Å². The number of hydrogen-bond donors (Lipinski definition) is 0. The van der Waals surface area contributed by atoms with Crippen LogP contribution in [0.15, 0.2) is 18.2 Å². The van der Waals surface area contributed by atoms with Gasteiger partial charge >= 0.3 is 0 Å². The van der Waals surface area contributed by atoms with E-state index in [0.717, 1.165) is 31.6 Å². The van der Waals surface area contributed by atoms with Crippen LogP contribution in [0.5, 0.6) is 0 Å². The highest BCUT2D eigenvalue weighted by atomic mass is 35.5. The number of nitro benzene ring substituents is 1. The van der Waals surface area contributed by atoms with Crippen LogP contribution in [0, 0.1) is 16.0 Å². The van der Waals surface area contributed by atoms with Crippen LogP contribution in [-0.4, -0.2) is 43.6 Å². The number of benzene rings is 1.